The Kier molecular flexibility index (Phi) is 4.25. The lowest BCUT2D eigenvalue weighted by Gasteiger charge is -2.38. The summed E-state index contributed by atoms with van der Waals surface area (Å²) in [6.45, 7) is 7.36. The summed E-state index contributed by atoms with van der Waals surface area (Å²) < 4.78 is 0. The first-order chi connectivity index (χ1) is 9.03. The molecule has 1 aliphatic rings. The number of piperidine rings is 1. The lowest BCUT2D eigenvalue weighted by molar-refractivity contribution is -0.121. The first-order valence-electron chi connectivity index (χ1n) is 7.16. The highest BCUT2D eigenvalue weighted by molar-refractivity contribution is 5.95. The first-order valence-corrected chi connectivity index (χ1v) is 7.16. The van der Waals surface area contributed by atoms with Gasteiger partial charge in [0.15, 0.2) is 0 Å². The van der Waals surface area contributed by atoms with Crippen molar-refractivity contribution in [1.82, 2.24) is 5.32 Å². The molecular weight excluding hydrogens is 236 g/mol. The second-order valence-electron chi connectivity index (χ2n) is 6.02. The molecule has 1 aromatic rings. The molecule has 1 saturated heterocycles. The number of hydrogen-bond donors (Lipinski definition) is 2. The highest BCUT2D eigenvalue weighted by atomic mass is 16.2. The van der Waals surface area contributed by atoms with Gasteiger partial charge in [-0.1, -0.05) is 32.9 Å². The molecular formula is C16H24N2O. The highest BCUT2D eigenvalue weighted by Gasteiger charge is 2.36. The van der Waals surface area contributed by atoms with E-state index in [2.05, 4.69) is 37.5 Å². The molecule has 2 rings (SSSR count). The molecule has 3 heteroatoms. The predicted molar refractivity (Wildman–Crippen MR) is 79.3 cm³/mol. The van der Waals surface area contributed by atoms with Crippen LogP contribution in [0.15, 0.2) is 24.3 Å². The van der Waals surface area contributed by atoms with E-state index in [-0.39, 0.29) is 17.4 Å². The van der Waals surface area contributed by atoms with Gasteiger partial charge in [-0.15, -0.1) is 0 Å². The molecule has 104 valence electrons. The van der Waals surface area contributed by atoms with E-state index in [1.807, 2.05) is 18.2 Å². The van der Waals surface area contributed by atoms with Gasteiger partial charge in [0.25, 0.3) is 0 Å². The van der Waals surface area contributed by atoms with Gasteiger partial charge in [0.1, 0.15) is 0 Å². The Morgan fingerprint density at radius 1 is 1.47 bits per heavy atom. The van der Waals surface area contributed by atoms with Crippen LogP contribution in [-0.2, 0) is 11.2 Å². The molecule has 0 spiro atoms. The van der Waals surface area contributed by atoms with Crippen molar-refractivity contribution in [2.45, 2.75) is 46.1 Å². The summed E-state index contributed by atoms with van der Waals surface area (Å²) >= 11 is 0. The van der Waals surface area contributed by atoms with Crippen molar-refractivity contribution in [2.24, 2.45) is 5.41 Å². The van der Waals surface area contributed by atoms with Crippen molar-refractivity contribution in [1.29, 1.82) is 0 Å². The standard InChI is InChI=1S/C16H24N2O/c1-4-12-7-5-8-13(11-12)18-15(19)14-16(2,3)9-6-10-17-14/h5,7-8,11,14,17H,4,6,9-10H2,1-3H3,(H,18,19). The highest BCUT2D eigenvalue weighted by Crippen LogP contribution is 2.30. The van der Waals surface area contributed by atoms with E-state index in [0.29, 0.717) is 0 Å². The third kappa shape index (κ3) is 3.35. The Balaban J connectivity index is 2.07. The number of aryl methyl sites for hydroxylation is 1. The Morgan fingerprint density at radius 2 is 2.26 bits per heavy atom. The fourth-order valence-corrected chi connectivity index (χ4v) is 2.74. The third-order valence-corrected chi connectivity index (χ3v) is 3.99. The Bertz CT molecular complexity index is 454. The lowest BCUT2D eigenvalue weighted by Crippen LogP contribution is -2.53. The molecule has 3 nitrogen and oxygen atoms in total. The van der Waals surface area contributed by atoms with E-state index in [0.717, 1.165) is 31.5 Å². The smallest absolute Gasteiger partial charge is 0.242 e. The second-order valence-corrected chi connectivity index (χ2v) is 6.02. The molecule has 0 aromatic heterocycles. The molecule has 1 fully saturated rings. The maximum Gasteiger partial charge on any atom is 0.242 e. The van der Waals surface area contributed by atoms with Crippen molar-refractivity contribution in [3.05, 3.63) is 29.8 Å². The Morgan fingerprint density at radius 3 is 2.95 bits per heavy atom. The molecule has 19 heavy (non-hydrogen) atoms. The summed E-state index contributed by atoms with van der Waals surface area (Å²) in [5.41, 5.74) is 2.16. The van der Waals surface area contributed by atoms with Crippen molar-refractivity contribution in [3.63, 3.8) is 0 Å². The number of amides is 1. The fourth-order valence-electron chi connectivity index (χ4n) is 2.74. The van der Waals surface area contributed by atoms with E-state index in [9.17, 15) is 4.79 Å². The van der Waals surface area contributed by atoms with E-state index in [1.54, 1.807) is 0 Å². The van der Waals surface area contributed by atoms with Crippen LogP contribution in [0.4, 0.5) is 5.69 Å². The SMILES string of the molecule is CCc1cccc(NC(=O)C2NCCCC2(C)C)c1. The van der Waals surface area contributed by atoms with Crippen LogP contribution in [0.25, 0.3) is 0 Å². The molecule has 1 amide bonds. The summed E-state index contributed by atoms with van der Waals surface area (Å²) in [7, 11) is 0. The average Bonchev–Trinajstić information content (AvgIpc) is 2.38. The molecule has 1 unspecified atom stereocenters. The monoisotopic (exact) mass is 260 g/mol. The summed E-state index contributed by atoms with van der Waals surface area (Å²) in [5, 5.41) is 6.39. The van der Waals surface area contributed by atoms with E-state index in [1.165, 1.54) is 5.56 Å². The maximum atomic E-state index is 12.4. The second kappa shape index (κ2) is 5.74. The molecule has 0 aliphatic carbocycles. The van der Waals surface area contributed by atoms with Gasteiger partial charge in [0, 0.05) is 5.69 Å². The molecule has 1 atom stereocenters. The zero-order valence-electron chi connectivity index (χ0n) is 12.1. The van der Waals surface area contributed by atoms with Crippen molar-refractivity contribution in [2.75, 3.05) is 11.9 Å². The van der Waals surface area contributed by atoms with E-state index >= 15 is 0 Å². The van der Waals surface area contributed by atoms with E-state index < -0.39 is 0 Å². The Hall–Kier alpha value is -1.35. The minimum atomic E-state index is -0.105. The van der Waals surface area contributed by atoms with Gasteiger partial charge in [-0.25, -0.2) is 0 Å². The number of carbonyl (C=O) groups is 1. The zero-order chi connectivity index (χ0) is 13.9. The number of nitrogens with one attached hydrogen (secondary N) is 2. The van der Waals surface area contributed by atoms with Crippen LogP contribution in [0.1, 0.15) is 39.2 Å². The molecule has 1 heterocycles. The van der Waals surface area contributed by atoms with Crippen LogP contribution in [-0.4, -0.2) is 18.5 Å². The summed E-state index contributed by atoms with van der Waals surface area (Å²) in [6, 6.07) is 7.97. The van der Waals surface area contributed by atoms with Crippen LogP contribution in [0.3, 0.4) is 0 Å². The van der Waals surface area contributed by atoms with Crippen LogP contribution < -0.4 is 10.6 Å². The van der Waals surface area contributed by atoms with Gasteiger partial charge in [0.2, 0.25) is 5.91 Å². The predicted octanol–water partition coefficient (Wildman–Crippen LogP) is 2.97. The summed E-state index contributed by atoms with van der Waals surface area (Å²) in [6.07, 6.45) is 3.21. The van der Waals surface area contributed by atoms with Crippen molar-refractivity contribution < 1.29 is 4.79 Å². The first kappa shape index (κ1) is 14.1. The van der Waals surface area contributed by atoms with Crippen LogP contribution in [0.5, 0.6) is 0 Å². The van der Waals surface area contributed by atoms with Crippen LogP contribution in [0.2, 0.25) is 0 Å². The maximum absolute atomic E-state index is 12.4. The average molecular weight is 260 g/mol. The summed E-state index contributed by atoms with van der Waals surface area (Å²) in [4.78, 5) is 12.4. The minimum Gasteiger partial charge on any atom is -0.325 e. The quantitative estimate of drug-likeness (QED) is 0.877. The van der Waals surface area contributed by atoms with Crippen LogP contribution >= 0.6 is 0 Å². The van der Waals surface area contributed by atoms with Gasteiger partial charge in [-0.2, -0.15) is 0 Å². The largest absolute Gasteiger partial charge is 0.325 e. The third-order valence-electron chi connectivity index (χ3n) is 3.99. The van der Waals surface area contributed by atoms with E-state index in [4.69, 9.17) is 0 Å². The number of hydrogen-bond acceptors (Lipinski definition) is 2. The number of anilines is 1. The molecule has 0 saturated carbocycles. The fraction of sp³-hybridized carbons (Fsp3) is 0.562. The van der Waals surface area contributed by atoms with Crippen molar-refractivity contribution >= 4 is 11.6 Å². The molecule has 2 N–H and O–H groups in total. The topological polar surface area (TPSA) is 41.1 Å². The van der Waals surface area contributed by atoms with Crippen molar-refractivity contribution in [3.8, 4) is 0 Å². The van der Waals surface area contributed by atoms with Gasteiger partial charge < -0.3 is 10.6 Å². The Labute approximate surface area is 115 Å². The molecule has 1 aliphatic heterocycles. The molecule has 1 aromatic carbocycles. The number of benzene rings is 1. The molecule has 0 radical (unpaired) electrons. The molecule has 0 bridgehead atoms. The lowest BCUT2D eigenvalue weighted by atomic mass is 9.77. The number of rotatable bonds is 3. The van der Waals surface area contributed by atoms with Crippen LogP contribution in [0, 0.1) is 5.41 Å². The zero-order valence-corrected chi connectivity index (χ0v) is 12.1. The normalized spacial score (nSPS) is 21.9. The van der Waals surface area contributed by atoms with Gasteiger partial charge in [0.05, 0.1) is 6.04 Å². The van der Waals surface area contributed by atoms with Gasteiger partial charge in [-0.3, -0.25) is 4.79 Å². The van der Waals surface area contributed by atoms with Gasteiger partial charge in [-0.05, 0) is 48.9 Å². The van der Waals surface area contributed by atoms with Gasteiger partial charge >= 0.3 is 0 Å². The minimum absolute atomic E-state index is 0.0186. The summed E-state index contributed by atoms with van der Waals surface area (Å²) in [5.74, 6) is 0.0814. The number of carbonyl (C=O) groups excluding carboxylic acids is 1.